The summed E-state index contributed by atoms with van der Waals surface area (Å²) in [5.74, 6) is 0.340. The minimum atomic E-state index is -0.337. The summed E-state index contributed by atoms with van der Waals surface area (Å²) >= 11 is 3.04. The van der Waals surface area contributed by atoms with Crippen LogP contribution in [0.4, 0.5) is 5.69 Å². The normalized spacial score (nSPS) is 11.4. The summed E-state index contributed by atoms with van der Waals surface area (Å²) in [5.41, 5.74) is 0.725. The predicted octanol–water partition coefficient (Wildman–Crippen LogP) is 3.96. The maximum absolute atomic E-state index is 12.5. The van der Waals surface area contributed by atoms with Gasteiger partial charge in [0.25, 0.3) is 0 Å². The Kier molecular flexibility index (Phi) is 7.51. The molecule has 0 aliphatic carbocycles. The molecule has 1 heterocycles. The van der Waals surface area contributed by atoms with E-state index in [1.807, 2.05) is 41.8 Å². The molecule has 2 rings (SSSR count). The van der Waals surface area contributed by atoms with E-state index in [1.165, 1.54) is 30.0 Å². The van der Waals surface area contributed by atoms with Crippen molar-refractivity contribution in [1.82, 2.24) is 5.32 Å². The number of nitrogens with zero attached hydrogens (tertiary/aromatic N) is 1. The largest absolute Gasteiger partial charge is 0.348 e. The number of hydrogen-bond acceptors (Lipinski definition) is 5. The molecule has 5 nitrogen and oxygen atoms in total. The summed E-state index contributed by atoms with van der Waals surface area (Å²) in [4.78, 5) is 25.8. The van der Waals surface area contributed by atoms with Gasteiger partial charge in [0.05, 0.1) is 24.2 Å². The summed E-state index contributed by atoms with van der Waals surface area (Å²) in [5, 5.41) is 16.3. The quantitative estimate of drug-likeness (QED) is 0.542. The Hall–Kier alpha value is -2.30. The molecular formula is C18H19N3O2S2. The van der Waals surface area contributed by atoms with Crippen molar-refractivity contribution in [3.05, 3.63) is 46.7 Å². The first-order valence-electron chi connectivity index (χ1n) is 7.79. The Balaban J connectivity index is 2.03. The zero-order valence-electron chi connectivity index (χ0n) is 13.8. The third-order valence-corrected chi connectivity index (χ3v) is 5.35. The molecule has 1 aromatic carbocycles. The standard InChI is InChI=1S/C18H19N3O2S2/c1-13(22)20-15(17-8-4-10-24-17)12-18(23)21-14-6-2-3-7-16(14)25-11-5-9-19/h2-4,6-8,10,15H,5,11-12H2,1H3,(H,20,22)(H,21,23). The van der Waals surface area contributed by atoms with Gasteiger partial charge in [0.15, 0.2) is 0 Å². The van der Waals surface area contributed by atoms with Crippen LogP contribution in [-0.2, 0) is 9.59 Å². The molecule has 2 amide bonds. The highest BCUT2D eigenvalue weighted by Gasteiger charge is 2.18. The van der Waals surface area contributed by atoms with Gasteiger partial charge in [0, 0.05) is 28.9 Å². The highest BCUT2D eigenvalue weighted by molar-refractivity contribution is 7.99. The molecule has 0 saturated carbocycles. The number of rotatable bonds is 8. The van der Waals surface area contributed by atoms with Gasteiger partial charge in [-0.1, -0.05) is 18.2 Å². The van der Waals surface area contributed by atoms with E-state index in [0.29, 0.717) is 12.2 Å². The summed E-state index contributed by atoms with van der Waals surface area (Å²) in [7, 11) is 0. The lowest BCUT2D eigenvalue weighted by Crippen LogP contribution is -2.29. The second-order valence-electron chi connectivity index (χ2n) is 5.27. The molecule has 1 unspecified atom stereocenters. The minimum absolute atomic E-state index is 0.164. The summed E-state index contributed by atoms with van der Waals surface area (Å²) in [6.07, 6.45) is 0.618. The van der Waals surface area contributed by atoms with E-state index in [4.69, 9.17) is 5.26 Å². The number of nitrogens with one attached hydrogen (secondary N) is 2. The van der Waals surface area contributed by atoms with Crippen molar-refractivity contribution >= 4 is 40.6 Å². The van der Waals surface area contributed by atoms with Crippen molar-refractivity contribution < 1.29 is 9.59 Å². The molecule has 0 saturated heterocycles. The van der Waals surface area contributed by atoms with Crippen LogP contribution < -0.4 is 10.6 Å². The third kappa shape index (κ3) is 6.25. The van der Waals surface area contributed by atoms with Gasteiger partial charge in [0.1, 0.15) is 0 Å². The van der Waals surface area contributed by atoms with Gasteiger partial charge in [-0.2, -0.15) is 5.26 Å². The van der Waals surface area contributed by atoms with Gasteiger partial charge in [-0.15, -0.1) is 23.1 Å². The number of thiophene rings is 1. The van der Waals surface area contributed by atoms with E-state index in [0.717, 1.165) is 15.5 Å². The molecule has 1 atom stereocenters. The fourth-order valence-corrected chi connectivity index (χ4v) is 3.89. The molecule has 0 aliphatic heterocycles. The fraction of sp³-hybridized carbons (Fsp3) is 0.278. The Morgan fingerprint density at radius 3 is 2.76 bits per heavy atom. The summed E-state index contributed by atoms with van der Waals surface area (Å²) in [6.45, 7) is 1.44. The van der Waals surface area contributed by atoms with Crippen LogP contribution in [0.2, 0.25) is 0 Å². The number of para-hydroxylation sites is 1. The van der Waals surface area contributed by atoms with Crippen molar-refractivity contribution in [2.75, 3.05) is 11.1 Å². The minimum Gasteiger partial charge on any atom is -0.348 e. The van der Waals surface area contributed by atoms with Crippen LogP contribution in [0, 0.1) is 11.3 Å². The van der Waals surface area contributed by atoms with E-state index >= 15 is 0 Å². The number of carbonyl (C=O) groups excluding carboxylic acids is 2. The maximum Gasteiger partial charge on any atom is 0.226 e. The number of anilines is 1. The highest BCUT2D eigenvalue weighted by Crippen LogP contribution is 2.28. The van der Waals surface area contributed by atoms with E-state index in [-0.39, 0.29) is 24.3 Å². The molecule has 130 valence electrons. The lowest BCUT2D eigenvalue weighted by Gasteiger charge is -2.17. The van der Waals surface area contributed by atoms with Crippen molar-refractivity contribution in [2.45, 2.75) is 30.7 Å². The Morgan fingerprint density at radius 2 is 2.08 bits per heavy atom. The Morgan fingerprint density at radius 1 is 1.28 bits per heavy atom. The second-order valence-corrected chi connectivity index (χ2v) is 7.39. The van der Waals surface area contributed by atoms with Crippen LogP contribution in [0.5, 0.6) is 0 Å². The Bertz CT molecular complexity index is 754. The van der Waals surface area contributed by atoms with Crippen molar-refractivity contribution in [3.63, 3.8) is 0 Å². The predicted molar refractivity (Wildman–Crippen MR) is 102 cm³/mol. The van der Waals surface area contributed by atoms with E-state index in [9.17, 15) is 9.59 Å². The fourth-order valence-electron chi connectivity index (χ4n) is 2.25. The van der Waals surface area contributed by atoms with Crippen LogP contribution in [0.3, 0.4) is 0 Å². The van der Waals surface area contributed by atoms with E-state index < -0.39 is 0 Å². The molecule has 0 aliphatic rings. The molecule has 1 aromatic heterocycles. The van der Waals surface area contributed by atoms with E-state index in [1.54, 1.807) is 0 Å². The number of hydrogen-bond donors (Lipinski definition) is 2. The molecule has 7 heteroatoms. The zero-order valence-corrected chi connectivity index (χ0v) is 15.5. The third-order valence-electron chi connectivity index (χ3n) is 3.29. The first-order valence-corrected chi connectivity index (χ1v) is 9.66. The molecule has 25 heavy (non-hydrogen) atoms. The van der Waals surface area contributed by atoms with Crippen LogP contribution in [0.25, 0.3) is 0 Å². The molecule has 0 radical (unpaired) electrons. The van der Waals surface area contributed by atoms with Crippen molar-refractivity contribution in [2.24, 2.45) is 0 Å². The van der Waals surface area contributed by atoms with Crippen molar-refractivity contribution in [3.8, 4) is 6.07 Å². The summed E-state index contributed by atoms with van der Waals surface area (Å²) in [6, 6.07) is 13.1. The van der Waals surface area contributed by atoms with Gasteiger partial charge < -0.3 is 10.6 Å². The van der Waals surface area contributed by atoms with Gasteiger partial charge in [-0.3, -0.25) is 9.59 Å². The van der Waals surface area contributed by atoms with Crippen molar-refractivity contribution in [1.29, 1.82) is 5.26 Å². The molecule has 2 N–H and O–H groups in total. The average Bonchev–Trinajstić information content (AvgIpc) is 3.10. The van der Waals surface area contributed by atoms with Gasteiger partial charge >= 0.3 is 0 Å². The van der Waals surface area contributed by atoms with Crippen LogP contribution in [0.15, 0.2) is 46.7 Å². The second kappa shape index (κ2) is 9.87. The van der Waals surface area contributed by atoms with Crippen LogP contribution in [-0.4, -0.2) is 17.6 Å². The first-order chi connectivity index (χ1) is 12.1. The SMILES string of the molecule is CC(=O)NC(CC(=O)Nc1ccccc1SCCC#N)c1cccs1. The first kappa shape index (κ1) is 19.0. The highest BCUT2D eigenvalue weighted by atomic mass is 32.2. The Labute approximate surface area is 155 Å². The van der Waals surface area contributed by atoms with E-state index in [2.05, 4.69) is 16.7 Å². The van der Waals surface area contributed by atoms with Gasteiger partial charge in [-0.25, -0.2) is 0 Å². The molecule has 0 bridgehead atoms. The topological polar surface area (TPSA) is 82.0 Å². The molecule has 0 fully saturated rings. The smallest absolute Gasteiger partial charge is 0.226 e. The molecule has 0 spiro atoms. The number of nitriles is 1. The maximum atomic E-state index is 12.5. The van der Waals surface area contributed by atoms with Crippen LogP contribution >= 0.6 is 23.1 Å². The number of amides is 2. The van der Waals surface area contributed by atoms with Crippen LogP contribution in [0.1, 0.15) is 30.7 Å². The summed E-state index contributed by atoms with van der Waals surface area (Å²) < 4.78 is 0. The number of benzene rings is 1. The van der Waals surface area contributed by atoms with Gasteiger partial charge in [-0.05, 0) is 23.6 Å². The average molecular weight is 374 g/mol. The van der Waals surface area contributed by atoms with Gasteiger partial charge in [0.2, 0.25) is 11.8 Å². The number of thioether (sulfide) groups is 1. The monoisotopic (exact) mass is 373 g/mol. The number of carbonyl (C=O) groups is 2. The lowest BCUT2D eigenvalue weighted by molar-refractivity contribution is -0.120. The molecular weight excluding hydrogens is 354 g/mol. The zero-order chi connectivity index (χ0) is 18.1. The lowest BCUT2D eigenvalue weighted by atomic mass is 10.1. The molecule has 2 aromatic rings.